The van der Waals surface area contributed by atoms with Crippen LogP contribution in [0.4, 0.5) is 5.69 Å². The summed E-state index contributed by atoms with van der Waals surface area (Å²) in [5.74, 6) is 0. The molecule has 2 rings (SSSR count). The van der Waals surface area contributed by atoms with Crippen LogP contribution >= 0.6 is 23.2 Å². The van der Waals surface area contributed by atoms with E-state index < -0.39 is 0 Å². The summed E-state index contributed by atoms with van der Waals surface area (Å²) in [6.07, 6.45) is 1.32. The third-order valence-corrected chi connectivity index (χ3v) is 4.37. The third kappa shape index (κ3) is 2.61. The van der Waals surface area contributed by atoms with Gasteiger partial charge >= 0.3 is 0 Å². The molecule has 4 heteroatoms. The van der Waals surface area contributed by atoms with Gasteiger partial charge in [0.25, 0.3) is 0 Å². The maximum atomic E-state index is 6.16. The Kier molecular flexibility index (Phi) is 4.10. The predicted molar refractivity (Wildman–Crippen MR) is 77.7 cm³/mol. The van der Waals surface area contributed by atoms with Crippen molar-refractivity contribution in [2.24, 2.45) is 5.41 Å². The van der Waals surface area contributed by atoms with E-state index in [0.717, 1.165) is 18.7 Å². The summed E-state index contributed by atoms with van der Waals surface area (Å²) < 4.78 is 5.72. The predicted octanol–water partition coefficient (Wildman–Crippen LogP) is 4.61. The third-order valence-electron chi connectivity index (χ3n) is 3.80. The molecule has 2 unspecified atom stereocenters. The molecular weight excluding hydrogens is 269 g/mol. The first-order valence-electron chi connectivity index (χ1n) is 6.28. The van der Waals surface area contributed by atoms with E-state index in [0.29, 0.717) is 22.2 Å². The fraction of sp³-hybridized carbons (Fsp3) is 0.571. The highest BCUT2D eigenvalue weighted by atomic mass is 35.5. The van der Waals surface area contributed by atoms with Crippen molar-refractivity contribution >= 4 is 28.9 Å². The minimum atomic E-state index is 0.113. The molecule has 0 spiro atoms. The summed E-state index contributed by atoms with van der Waals surface area (Å²) in [4.78, 5) is 0. The molecule has 2 nitrogen and oxygen atoms in total. The number of halogens is 2. The van der Waals surface area contributed by atoms with Gasteiger partial charge < -0.3 is 10.1 Å². The normalized spacial score (nSPS) is 25.6. The first-order valence-corrected chi connectivity index (χ1v) is 7.04. The fourth-order valence-electron chi connectivity index (χ4n) is 2.41. The average molecular weight is 288 g/mol. The molecule has 0 heterocycles. The van der Waals surface area contributed by atoms with Gasteiger partial charge in [-0.15, -0.1) is 0 Å². The van der Waals surface area contributed by atoms with Crippen molar-refractivity contribution in [2.45, 2.75) is 39.3 Å². The van der Waals surface area contributed by atoms with Crippen LogP contribution in [-0.4, -0.2) is 18.8 Å². The van der Waals surface area contributed by atoms with E-state index in [-0.39, 0.29) is 5.41 Å². The molecule has 1 aliphatic rings. The number of nitrogens with one attached hydrogen (secondary N) is 1. The van der Waals surface area contributed by atoms with Crippen LogP contribution in [0, 0.1) is 5.41 Å². The first kappa shape index (κ1) is 14.0. The number of benzene rings is 1. The lowest BCUT2D eigenvalue weighted by Crippen LogP contribution is -2.58. The Labute approximate surface area is 119 Å². The number of rotatable bonds is 4. The number of hydrogen-bond donors (Lipinski definition) is 1. The maximum absolute atomic E-state index is 6.16. The molecule has 1 aliphatic carbocycles. The summed E-state index contributed by atoms with van der Waals surface area (Å²) >= 11 is 12.1. The second kappa shape index (κ2) is 5.28. The molecule has 0 bridgehead atoms. The molecule has 2 atom stereocenters. The lowest BCUT2D eigenvalue weighted by atomic mass is 9.64. The Hall–Kier alpha value is -0.440. The Morgan fingerprint density at radius 3 is 2.72 bits per heavy atom. The van der Waals surface area contributed by atoms with Crippen LogP contribution in [0.25, 0.3) is 0 Å². The molecule has 1 aromatic carbocycles. The topological polar surface area (TPSA) is 21.3 Å². The zero-order valence-electron chi connectivity index (χ0n) is 11.0. The fourth-order valence-corrected chi connectivity index (χ4v) is 2.75. The highest BCUT2D eigenvalue weighted by molar-refractivity contribution is 6.35. The van der Waals surface area contributed by atoms with Crippen molar-refractivity contribution in [1.82, 2.24) is 0 Å². The molecule has 1 N–H and O–H groups in total. The van der Waals surface area contributed by atoms with E-state index in [1.807, 2.05) is 19.1 Å². The van der Waals surface area contributed by atoms with Gasteiger partial charge in [-0.1, -0.05) is 37.0 Å². The van der Waals surface area contributed by atoms with Crippen LogP contribution in [-0.2, 0) is 4.74 Å². The maximum Gasteiger partial charge on any atom is 0.0665 e. The van der Waals surface area contributed by atoms with Gasteiger partial charge in [0.1, 0.15) is 0 Å². The summed E-state index contributed by atoms with van der Waals surface area (Å²) in [5.41, 5.74) is 1.01. The molecule has 1 aromatic rings. The molecule has 1 fully saturated rings. The van der Waals surface area contributed by atoms with Gasteiger partial charge in [-0.3, -0.25) is 0 Å². The van der Waals surface area contributed by atoms with Crippen molar-refractivity contribution in [1.29, 1.82) is 0 Å². The Morgan fingerprint density at radius 2 is 2.11 bits per heavy atom. The second-order valence-electron chi connectivity index (χ2n) is 5.32. The van der Waals surface area contributed by atoms with Crippen LogP contribution in [0.5, 0.6) is 0 Å². The van der Waals surface area contributed by atoms with E-state index in [1.165, 1.54) is 0 Å². The Bertz CT molecular complexity index is 434. The Balaban J connectivity index is 2.05. The molecule has 100 valence electrons. The summed E-state index contributed by atoms with van der Waals surface area (Å²) in [6, 6.07) is 5.85. The van der Waals surface area contributed by atoms with Gasteiger partial charge in [-0.05, 0) is 31.5 Å². The minimum Gasteiger partial charge on any atom is -0.380 e. The van der Waals surface area contributed by atoms with Crippen molar-refractivity contribution < 1.29 is 4.74 Å². The molecule has 1 saturated carbocycles. The van der Waals surface area contributed by atoms with Gasteiger partial charge in [-0.25, -0.2) is 0 Å². The zero-order valence-corrected chi connectivity index (χ0v) is 12.5. The SMILES string of the molecule is CCOC1CC(Nc2cc(Cl)ccc2Cl)C1(C)C. The van der Waals surface area contributed by atoms with Crippen LogP contribution in [0.2, 0.25) is 10.0 Å². The van der Waals surface area contributed by atoms with Crippen LogP contribution < -0.4 is 5.32 Å². The standard InChI is InChI=1S/C14H19Cl2NO/c1-4-18-13-8-12(14(13,2)3)17-11-7-9(15)5-6-10(11)16/h5-7,12-13,17H,4,8H2,1-3H3. The van der Waals surface area contributed by atoms with Crippen molar-refractivity contribution in [2.75, 3.05) is 11.9 Å². The summed E-state index contributed by atoms with van der Waals surface area (Å²) in [7, 11) is 0. The van der Waals surface area contributed by atoms with Gasteiger partial charge in [0.2, 0.25) is 0 Å². The number of hydrogen-bond acceptors (Lipinski definition) is 2. The quantitative estimate of drug-likeness (QED) is 0.873. The average Bonchev–Trinajstić information content (AvgIpc) is 2.32. The van der Waals surface area contributed by atoms with Gasteiger partial charge in [0.15, 0.2) is 0 Å². The minimum absolute atomic E-state index is 0.113. The molecule has 0 radical (unpaired) electrons. The second-order valence-corrected chi connectivity index (χ2v) is 6.17. The van der Waals surface area contributed by atoms with E-state index in [2.05, 4.69) is 19.2 Å². The number of anilines is 1. The Morgan fingerprint density at radius 1 is 1.39 bits per heavy atom. The molecular formula is C14H19Cl2NO. The largest absolute Gasteiger partial charge is 0.380 e. The van der Waals surface area contributed by atoms with Crippen LogP contribution in [0.1, 0.15) is 27.2 Å². The van der Waals surface area contributed by atoms with E-state index in [9.17, 15) is 0 Å². The molecule has 18 heavy (non-hydrogen) atoms. The van der Waals surface area contributed by atoms with E-state index >= 15 is 0 Å². The van der Waals surface area contributed by atoms with Crippen molar-refractivity contribution in [3.05, 3.63) is 28.2 Å². The molecule has 0 amide bonds. The van der Waals surface area contributed by atoms with E-state index in [4.69, 9.17) is 27.9 Å². The van der Waals surface area contributed by atoms with Crippen molar-refractivity contribution in [3.8, 4) is 0 Å². The lowest BCUT2D eigenvalue weighted by Gasteiger charge is -2.52. The molecule has 0 aliphatic heterocycles. The lowest BCUT2D eigenvalue weighted by molar-refractivity contribution is -0.0975. The molecule has 0 aromatic heterocycles. The van der Waals surface area contributed by atoms with E-state index in [1.54, 1.807) is 6.07 Å². The molecule has 0 saturated heterocycles. The zero-order chi connectivity index (χ0) is 13.3. The van der Waals surface area contributed by atoms with Gasteiger partial charge in [-0.2, -0.15) is 0 Å². The number of ether oxygens (including phenoxy) is 1. The summed E-state index contributed by atoms with van der Waals surface area (Å²) in [5, 5.41) is 4.87. The van der Waals surface area contributed by atoms with Crippen molar-refractivity contribution in [3.63, 3.8) is 0 Å². The van der Waals surface area contributed by atoms with Crippen LogP contribution in [0.3, 0.4) is 0 Å². The smallest absolute Gasteiger partial charge is 0.0665 e. The highest BCUT2D eigenvalue weighted by Gasteiger charge is 2.48. The summed E-state index contributed by atoms with van der Waals surface area (Å²) in [6.45, 7) is 7.23. The highest BCUT2D eigenvalue weighted by Crippen LogP contribution is 2.45. The van der Waals surface area contributed by atoms with Crippen LogP contribution in [0.15, 0.2) is 18.2 Å². The van der Waals surface area contributed by atoms with Gasteiger partial charge in [0, 0.05) is 23.1 Å². The monoisotopic (exact) mass is 287 g/mol. The first-order chi connectivity index (χ1) is 8.45. The van der Waals surface area contributed by atoms with Gasteiger partial charge in [0.05, 0.1) is 16.8 Å².